The monoisotopic (exact) mass is 324 g/mol. The van der Waals surface area contributed by atoms with Gasteiger partial charge in [-0.25, -0.2) is 9.97 Å². The Morgan fingerprint density at radius 1 is 1.04 bits per heavy atom. The van der Waals surface area contributed by atoms with E-state index in [2.05, 4.69) is 27.0 Å². The van der Waals surface area contributed by atoms with Crippen LogP contribution in [0.1, 0.15) is 19.7 Å². The standard InChI is InChI=1S/C19H24N4O/c1-14(2)19(24)23-11-9-22(10-12-23)18-13-17(20-15(3)21-18)16-7-5-4-6-8-16/h4-8,13-14H,9-12H2,1-3H3. The highest BCUT2D eigenvalue weighted by Crippen LogP contribution is 2.22. The third-order valence-corrected chi connectivity index (χ3v) is 4.30. The van der Waals surface area contributed by atoms with Crippen LogP contribution >= 0.6 is 0 Å². The van der Waals surface area contributed by atoms with Gasteiger partial charge in [0.15, 0.2) is 0 Å². The number of amides is 1. The maximum Gasteiger partial charge on any atom is 0.225 e. The summed E-state index contributed by atoms with van der Waals surface area (Å²) in [6.07, 6.45) is 0. The Morgan fingerprint density at radius 3 is 2.33 bits per heavy atom. The predicted molar refractivity (Wildman–Crippen MR) is 95.8 cm³/mol. The second-order valence-electron chi connectivity index (χ2n) is 6.49. The second-order valence-corrected chi connectivity index (χ2v) is 6.49. The molecule has 2 aromatic rings. The summed E-state index contributed by atoms with van der Waals surface area (Å²) in [5, 5.41) is 0. The zero-order chi connectivity index (χ0) is 17.1. The number of aromatic nitrogens is 2. The Hall–Kier alpha value is -2.43. The fourth-order valence-electron chi connectivity index (χ4n) is 2.99. The van der Waals surface area contributed by atoms with Crippen molar-refractivity contribution in [2.75, 3.05) is 31.1 Å². The minimum atomic E-state index is 0.0579. The fraction of sp³-hybridized carbons (Fsp3) is 0.421. The van der Waals surface area contributed by atoms with Gasteiger partial charge in [-0.05, 0) is 6.92 Å². The van der Waals surface area contributed by atoms with Crippen LogP contribution in [0.3, 0.4) is 0 Å². The molecule has 1 saturated heterocycles. The highest BCUT2D eigenvalue weighted by Gasteiger charge is 2.23. The van der Waals surface area contributed by atoms with Gasteiger partial charge in [0.05, 0.1) is 5.69 Å². The Morgan fingerprint density at radius 2 is 1.71 bits per heavy atom. The van der Waals surface area contributed by atoms with Crippen LogP contribution < -0.4 is 4.90 Å². The topological polar surface area (TPSA) is 49.3 Å². The number of anilines is 1. The van der Waals surface area contributed by atoms with E-state index < -0.39 is 0 Å². The molecule has 1 aliphatic heterocycles. The number of nitrogens with zero attached hydrogens (tertiary/aromatic N) is 4. The summed E-state index contributed by atoms with van der Waals surface area (Å²) in [4.78, 5) is 25.5. The lowest BCUT2D eigenvalue weighted by Crippen LogP contribution is -2.50. The van der Waals surface area contributed by atoms with Gasteiger partial charge in [0.2, 0.25) is 5.91 Å². The van der Waals surface area contributed by atoms with Crippen molar-refractivity contribution in [3.8, 4) is 11.3 Å². The summed E-state index contributed by atoms with van der Waals surface area (Å²) in [5.41, 5.74) is 2.04. The molecule has 0 spiro atoms. The molecule has 1 amide bonds. The molecule has 24 heavy (non-hydrogen) atoms. The van der Waals surface area contributed by atoms with Crippen molar-refractivity contribution >= 4 is 11.7 Å². The Labute approximate surface area is 143 Å². The maximum atomic E-state index is 12.1. The molecule has 0 radical (unpaired) electrons. The smallest absolute Gasteiger partial charge is 0.225 e. The van der Waals surface area contributed by atoms with E-state index >= 15 is 0 Å². The van der Waals surface area contributed by atoms with Crippen LogP contribution in [0.5, 0.6) is 0 Å². The largest absolute Gasteiger partial charge is 0.353 e. The average Bonchev–Trinajstić information content (AvgIpc) is 2.61. The van der Waals surface area contributed by atoms with Crippen molar-refractivity contribution in [1.82, 2.24) is 14.9 Å². The van der Waals surface area contributed by atoms with Crippen molar-refractivity contribution in [1.29, 1.82) is 0 Å². The number of rotatable bonds is 3. The lowest BCUT2D eigenvalue weighted by atomic mass is 10.1. The van der Waals surface area contributed by atoms with Gasteiger partial charge in [-0.3, -0.25) is 4.79 Å². The Kier molecular flexibility index (Phi) is 4.79. The van der Waals surface area contributed by atoms with Crippen LogP contribution in [0.25, 0.3) is 11.3 Å². The van der Waals surface area contributed by atoms with Gasteiger partial charge in [-0.15, -0.1) is 0 Å². The molecular formula is C19H24N4O. The van der Waals surface area contributed by atoms with Crippen molar-refractivity contribution < 1.29 is 4.79 Å². The van der Waals surface area contributed by atoms with Gasteiger partial charge in [-0.2, -0.15) is 0 Å². The van der Waals surface area contributed by atoms with E-state index in [-0.39, 0.29) is 11.8 Å². The van der Waals surface area contributed by atoms with Crippen LogP contribution in [0.15, 0.2) is 36.4 Å². The molecule has 0 bridgehead atoms. The van der Waals surface area contributed by atoms with Gasteiger partial charge < -0.3 is 9.80 Å². The molecule has 1 aromatic heterocycles. The summed E-state index contributed by atoms with van der Waals surface area (Å²) >= 11 is 0. The quantitative estimate of drug-likeness (QED) is 0.871. The fourth-order valence-corrected chi connectivity index (χ4v) is 2.99. The molecule has 1 aliphatic rings. The van der Waals surface area contributed by atoms with Gasteiger partial charge in [0, 0.05) is 43.7 Å². The van der Waals surface area contributed by atoms with Crippen LogP contribution in [-0.4, -0.2) is 47.0 Å². The van der Waals surface area contributed by atoms with E-state index in [0.717, 1.165) is 49.1 Å². The number of carbonyl (C=O) groups is 1. The number of hydrogen-bond donors (Lipinski definition) is 0. The SMILES string of the molecule is Cc1nc(-c2ccccc2)cc(N2CCN(C(=O)C(C)C)CC2)n1. The van der Waals surface area contributed by atoms with Crippen molar-refractivity contribution in [3.63, 3.8) is 0 Å². The van der Waals surface area contributed by atoms with Crippen LogP contribution in [0.2, 0.25) is 0 Å². The summed E-state index contributed by atoms with van der Waals surface area (Å²) in [6, 6.07) is 12.2. The lowest BCUT2D eigenvalue weighted by Gasteiger charge is -2.36. The predicted octanol–water partition coefficient (Wildman–Crippen LogP) is 2.76. The number of hydrogen-bond acceptors (Lipinski definition) is 4. The van der Waals surface area contributed by atoms with Crippen LogP contribution in [0.4, 0.5) is 5.82 Å². The van der Waals surface area contributed by atoms with E-state index in [1.54, 1.807) is 0 Å². The maximum absolute atomic E-state index is 12.1. The van der Waals surface area contributed by atoms with E-state index in [9.17, 15) is 4.79 Å². The summed E-state index contributed by atoms with van der Waals surface area (Å²) in [5.74, 6) is 2.01. The first-order valence-electron chi connectivity index (χ1n) is 8.49. The summed E-state index contributed by atoms with van der Waals surface area (Å²) in [7, 11) is 0. The molecule has 3 rings (SSSR count). The molecule has 1 aromatic carbocycles. The minimum absolute atomic E-state index is 0.0579. The van der Waals surface area contributed by atoms with Gasteiger partial charge in [-0.1, -0.05) is 44.2 Å². The minimum Gasteiger partial charge on any atom is -0.353 e. The summed E-state index contributed by atoms with van der Waals surface area (Å²) < 4.78 is 0. The highest BCUT2D eigenvalue weighted by atomic mass is 16.2. The number of aryl methyl sites for hydroxylation is 1. The van der Waals surface area contributed by atoms with E-state index in [4.69, 9.17) is 0 Å². The normalized spacial score (nSPS) is 15.0. The molecule has 0 unspecified atom stereocenters. The van der Waals surface area contributed by atoms with Gasteiger partial charge >= 0.3 is 0 Å². The molecule has 0 saturated carbocycles. The molecule has 5 nitrogen and oxygen atoms in total. The molecule has 126 valence electrons. The van der Waals surface area contributed by atoms with Crippen molar-refractivity contribution in [2.45, 2.75) is 20.8 Å². The van der Waals surface area contributed by atoms with Crippen molar-refractivity contribution in [3.05, 3.63) is 42.2 Å². The zero-order valence-electron chi connectivity index (χ0n) is 14.6. The first-order chi connectivity index (χ1) is 11.5. The molecule has 0 atom stereocenters. The molecule has 1 fully saturated rings. The van der Waals surface area contributed by atoms with Gasteiger partial charge in [0.25, 0.3) is 0 Å². The molecule has 0 N–H and O–H groups in total. The lowest BCUT2D eigenvalue weighted by molar-refractivity contribution is -0.134. The number of benzene rings is 1. The molecule has 2 heterocycles. The number of carbonyl (C=O) groups excluding carboxylic acids is 1. The molecular weight excluding hydrogens is 300 g/mol. The first-order valence-corrected chi connectivity index (χ1v) is 8.49. The highest BCUT2D eigenvalue weighted by molar-refractivity contribution is 5.78. The van der Waals surface area contributed by atoms with Crippen LogP contribution in [0, 0.1) is 12.8 Å². The van der Waals surface area contributed by atoms with Gasteiger partial charge in [0.1, 0.15) is 11.6 Å². The third-order valence-electron chi connectivity index (χ3n) is 4.30. The molecule has 0 aliphatic carbocycles. The average molecular weight is 324 g/mol. The summed E-state index contributed by atoms with van der Waals surface area (Å²) in [6.45, 7) is 8.95. The van der Waals surface area contributed by atoms with Crippen LogP contribution in [-0.2, 0) is 4.79 Å². The Bertz CT molecular complexity index is 707. The first kappa shape index (κ1) is 16.4. The van der Waals surface area contributed by atoms with E-state index in [1.165, 1.54) is 0 Å². The third kappa shape index (κ3) is 3.55. The van der Waals surface area contributed by atoms with Crippen molar-refractivity contribution in [2.24, 2.45) is 5.92 Å². The zero-order valence-corrected chi connectivity index (χ0v) is 14.6. The van der Waals surface area contributed by atoms with E-state index in [0.29, 0.717) is 0 Å². The van der Waals surface area contributed by atoms with E-state index in [1.807, 2.05) is 49.9 Å². The molecule has 5 heteroatoms. The number of piperazine rings is 1. The Balaban J connectivity index is 1.77. The second kappa shape index (κ2) is 6.99.